The zero-order valence-corrected chi connectivity index (χ0v) is 10.6. The Morgan fingerprint density at radius 1 is 1.24 bits per heavy atom. The second kappa shape index (κ2) is 4.00. The van der Waals surface area contributed by atoms with Crippen molar-refractivity contribution in [2.45, 2.75) is 19.8 Å². The van der Waals surface area contributed by atoms with E-state index in [-0.39, 0.29) is 0 Å². The molecule has 0 N–H and O–H groups in total. The molecule has 0 aliphatic rings. The Bertz CT molecular complexity index is 618. The molecule has 0 unspecified atom stereocenters. The van der Waals surface area contributed by atoms with Crippen LogP contribution in [0, 0.1) is 0 Å². The highest BCUT2D eigenvalue weighted by Gasteiger charge is 2.11. The Balaban J connectivity index is 2.07. The van der Waals surface area contributed by atoms with Crippen LogP contribution < -0.4 is 0 Å². The summed E-state index contributed by atoms with van der Waals surface area (Å²) in [7, 11) is 0. The third-order valence-corrected chi connectivity index (χ3v) is 3.62. The number of para-hydroxylation sites is 1. The van der Waals surface area contributed by atoms with Gasteiger partial charge in [-0.05, 0) is 18.1 Å². The Kier molecular flexibility index (Phi) is 2.48. The second-order valence-corrected chi connectivity index (χ2v) is 5.24. The standard InChI is InChI=1S/C14H13NOS/c1-9(2)11-8-17-14(15-11)13-7-10-5-3-4-6-12(10)16-13/h3-9H,1-2H3. The molecule has 0 radical (unpaired) electrons. The molecule has 3 heteroatoms. The molecule has 1 aromatic carbocycles. The molecule has 2 heterocycles. The molecule has 0 spiro atoms. The first-order chi connectivity index (χ1) is 8.24. The van der Waals surface area contributed by atoms with E-state index in [4.69, 9.17) is 4.42 Å². The minimum atomic E-state index is 0.462. The average molecular weight is 243 g/mol. The first-order valence-corrected chi connectivity index (χ1v) is 6.56. The number of benzene rings is 1. The fourth-order valence-corrected chi connectivity index (χ4v) is 2.68. The van der Waals surface area contributed by atoms with Gasteiger partial charge in [0, 0.05) is 10.8 Å². The highest BCUT2D eigenvalue weighted by atomic mass is 32.1. The summed E-state index contributed by atoms with van der Waals surface area (Å²) < 4.78 is 5.80. The van der Waals surface area contributed by atoms with Gasteiger partial charge in [0.05, 0.1) is 5.69 Å². The third-order valence-electron chi connectivity index (χ3n) is 2.75. The van der Waals surface area contributed by atoms with Gasteiger partial charge in [0.2, 0.25) is 0 Å². The van der Waals surface area contributed by atoms with Gasteiger partial charge in [0.15, 0.2) is 10.8 Å². The van der Waals surface area contributed by atoms with Crippen LogP contribution in [-0.2, 0) is 0 Å². The zero-order chi connectivity index (χ0) is 11.8. The van der Waals surface area contributed by atoms with Crippen LogP contribution in [0.15, 0.2) is 40.1 Å². The number of thiazole rings is 1. The van der Waals surface area contributed by atoms with E-state index < -0.39 is 0 Å². The van der Waals surface area contributed by atoms with Gasteiger partial charge in [-0.15, -0.1) is 11.3 Å². The van der Waals surface area contributed by atoms with Crippen molar-refractivity contribution in [3.05, 3.63) is 41.4 Å². The monoisotopic (exact) mass is 243 g/mol. The molecule has 0 atom stereocenters. The summed E-state index contributed by atoms with van der Waals surface area (Å²) >= 11 is 1.64. The van der Waals surface area contributed by atoms with Crippen molar-refractivity contribution in [2.75, 3.05) is 0 Å². The SMILES string of the molecule is CC(C)c1csc(-c2cc3ccccc3o2)n1. The van der Waals surface area contributed by atoms with Crippen LogP contribution in [0.25, 0.3) is 21.7 Å². The van der Waals surface area contributed by atoms with Gasteiger partial charge in [-0.2, -0.15) is 0 Å². The van der Waals surface area contributed by atoms with Crippen LogP contribution in [0.2, 0.25) is 0 Å². The molecule has 0 amide bonds. The van der Waals surface area contributed by atoms with E-state index in [1.165, 1.54) is 0 Å². The van der Waals surface area contributed by atoms with Crippen molar-refractivity contribution in [1.29, 1.82) is 0 Å². The summed E-state index contributed by atoms with van der Waals surface area (Å²) in [6.45, 7) is 4.30. The van der Waals surface area contributed by atoms with Crippen LogP contribution in [0.3, 0.4) is 0 Å². The molecule has 0 aliphatic heterocycles. The molecule has 0 aliphatic carbocycles. The fourth-order valence-electron chi connectivity index (χ4n) is 1.75. The molecule has 0 bridgehead atoms. The lowest BCUT2D eigenvalue weighted by atomic mass is 10.2. The molecule has 2 aromatic heterocycles. The van der Waals surface area contributed by atoms with Crippen LogP contribution in [-0.4, -0.2) is 4.98 Å². The molecule has 0 fully saturated rings. The van der Waals surface area contributed by atoms with Crippen molar-refractivity contribution in [2.24, 2.45) is 0 Å². The van der Waals surface area contributed by atoms with Crippen molar-refractivity contribution < 1.29 is 4.42 Å². The minimum Gasteiger partial charge on any atom is -0.454 e. The lowest BCUT2D eigenvalue weighted by Crippen LogP contribution is -1.85. The predicted octanol–water partition coefficient (Wildman–Crippen LogP) is 4.68. The van der Waals surface area contributed by atoms with Gasteiger partial charge in [0.1, 0.15) is 5.58 Å². The highest BCUT2D eigenvalue weighted by Crippen LogP contribution is 2.31. The summed E-state index contributed by atoms with van der Waals surface area (Å²) in [5.41, 5.74) is 2.05. The molecule has 3 aromatic rings. The topological polar surface area (TPSA) is 26.0 Å². The number of fused-ring (bicyclic) bond motifs is 1. The van der Waals surface area contributed by atoms with E-state index in [0.717, 1.165) is 27.4 Å². The molecule has 86 valence electrons. The van der Waals surface area contributed by atoms with Gasteiger partial charge in [-0.3, -0.25) is 0 Å². The quantitative estimate of drug-likeness (QED) is 0.653. The number of nitrogens with zero attached hydrogens (tertiary/aromatic N) is 1. The van der Waals surface area contributed by atoms with E-state index in [2.05, 4.69) is 36.3 Å². The Morgan fingerprint density at radius 3 is 2.76 bits per heavy atom. The molecule has 0 saturated heterocycles. The Labute approximate surface area is 104 Å². The first kappa shape index (κ1) is 10.5. The molecule has 2 nitrogen and oxygen atoms in total. The maximum absolute atomic E-state index is 5.80. The van der Waals surface area contributed by atoms with Crippen LogP contribution in [0.5, 0.6) is 0 Å². The van der Waals surface area contributed by atoms with Crippen LogP contribution in [0.4, 0.5) is 0 Å². The number of aromatic nitrogens is 1. The van der Waals surface area contributed by atoms with Crippen molar-refractivity contribution in [3.63, 3.8) is 0 Å². The van der Waals surface area contributed by atoms with E-state index in [9.17, 15) is 0 Å². The maximum atomic E-state index is 5.80. The number of hydrogen-bond donors (Lipinski definition) is 0. The molecule has 0 saturated carbocycles. The molecule has 17 heavy (non-hydrogen) atoms. The van der Waals surface area contributed by atoms with Gasteiger partial charge >= 0.3 is 0 Å². The smallest absolute Gasteiger partial charge is 0.164 e. The zero-order valence-electron chi connectivity index (χ0n) is 9.81. The summed E-state index contributed by atoms with van der Waals surface area (Å²) in [6, 6.07) is 10.1. The van der Waals surface area contributed by atoms with E-state index >= 15 is 0 Å². The second-order valence-electron chi connectivity index (χ2n) is 4.38. The van der Waals surface area contributed by atoms with E-state index in [0.29, 0.717) is 5.92 Å². The summed E-state index contributed by atoms with van der Waals surface area (Å²) in [5.74, 6) is 1.33. The normalized spacial score (nSPS) is 11.5. The van der Waals surface area contributed by atoms with Gasteiger partial charge in [-0.1, -0.05) is 32.0 Å². The third kappa shape index (κ3) is 1.87. The average Bonchev–Trinajstić information content (AvgIpc) is 2.95. The number of hydrogen-bond acceptors (Lipinski definition) is 3. The fraction of sp³-hybridized carbons (Fsp3) is 0.214. The minimum absolute atomic E-state index is 0.462. The lowest BCUT2D eigenvalue weighted by molar-refractivity contribution is 0.630. The Hall–Kier alpha value is -1.61. The molecule has 3 rings (SSSR count). The lowest BCUT2D eigenvalue weighted by Gasteiger charge is -1.96. The Morgan fingerprint density at radius 2 is 2.06 bits per heavy atom. The summed E-state index contributed by atoms with van der Waals surface area (Å²) in [5, 5.41) is 4.20. The van der Waals surface area contributed by atoms with Gasteiger partial charge in [-0.25, -0.2) is 4.98 Å². The van der Waals surface area contributed by atoms with E-state index in [1.807, 2.05) is 18.2 Å². The highest BCUT2D eigenvalue weighted by molar-refractivity contribution is 7.13. The molecular weight excluding hydrogens is 230 g/mol. The van der Waals surface area contributed by atoms with Crippen molar-refractivity contribution in [1.82, 2.24) is 4.98 Å². The van der Waals surface area contributed by atoms with Crippen molar-refractivity contribution >= 4 is 22.3 Å². The molecular formula is C14H13NOS. The van der Waals surface area contributed by atoms with Gasteiger partial charge < -0.3 is 4.42 Å². The largest absolute Gasteiger partial charge is 0.454 e. The summed E-state index contributed by atoms with van der Waals surface area (Å²) in [6.07, 6.45) is 0. The predicted molar refractivity (Wildman–Crippen MR) is 71.4 cm³/mol. The maximum Gasteiger partial charge on any atom is 0.164 e. The van der Waals surface area contributed by atoms with Crippen LogP contribution in [0.1, 0.15) is 25.5 Å². The summed E-state index contributed by atoms with van der Waals surface area (Å²) in [4.78, 5) is 4.60. The van der Waals surface area contributed by atoms with Gasteiger partial charge in [0.25, 0.3) is 0 Å². The number of rotatable bonds is 2. The number of furan rings is 1. The van der Waals surface area contributed by atoms with Crippen LogP contribution >= 0.6 is 11.3 Å². The van der Waals surface area contributed by atoms with Crippen molar-refractivity contribution in [3.8, 4) is 10.8 Å². The first-order valence-electron chi connectivity index (χ1n) is 5.68. The van der Waals surface area contributed by atoms with E-state index in [1.54, 1.807) is 11.3 Å².